The zero-order valence-electron chi connectivity index (χ0n) is 11.2. The zero-order chi connectivity index (χ0) is 13.8. The van der Waals surface area contributed by atoms with Crippen molar-refractivity contribution in [3.05, 3.63) is 30.0 Å². The van der Waals surface area contributed by atoms with E-state index < -0.39 is 0 Å². The van der Waals surface area contributed by atoms with Gasteiger partial charge in [0.1, 0.15) is 17.8 Å². The molecule has 2 aromatic rings. The van der Waals surface area contributed by atoms with E-state index in [-0.39, 0.29) is 5.91 Å². The van der Waals surface area contributed by atoms with Crippen LogP contribution in [-0.2, 0) is 18.4 Å². The van der Waals surface area contributed by atoms with E-state index in [0.717, 1.165) is 16.7 Å². The molecule has 19 heavy (non-hydrogen) atoms. The van der Waals surface area contributed by atoms with E-state index in [9.17, 15) is 4.79 Å². The second-order valence-electron chi connectivity index (χ2n) is 4.28. The molecule has 0 aliphatic rings. The average Bonchev–Trinajstić information content (AvgIpc) is 2.95. The highest BCUT2D eigenvalue weighted by Crippen LogP contribution is 2.15. The number of amides is 1. The van der Waals surface area contributed by atoms with Gasteiger partial charge in [-0.1, -0.05) is 11.8 Å². The highest BCUT2D eigenvalue weighted by atomic mass is 32.2. The number of furan rings is 1. The smallest absolute Gasteiger partial charge is 0.233 e. The molecular formula is C12H16N4O2S. The number of carbonyl (C=O) groups is 1. The van der Waals surface area contributed by atoms with Gasteiger partial charge in [0, 0.05) is 14.1 Å². The standard InChI is InChI=1S/C12H16N4O2S/c1-9-4-5-10(18-9)6-15(2)11(17)7-19-12-14-13-8-16(12)3/h4-5,8H,6-7H2,1-3H3. The summed E-state index contributed by atoms with van der Waals surface area (Å²) in [5.74, 6) is 2.01. The van der Waals surface area contributed by atoms with Gasteiger partial charge in [0.05, 0.1) is 12.3 Å². The first kappa shape index (κ1) is 13.7. The Bertz CT molecular complexity index is 564. The van der Waals surface area contributed by atoms with Gasteiger partial charge in [0.2, 0.25) is 5.91 Å². The first-order valence-corrected chi connectivity index (χ1v) is 6.81. The SMILES string of the molecule is Cc1ccc(CN(C)C(=O)CSc2nncn2C)o1. The van der Waals surface area contributed by atoms with Crippen LogP contribution >= 0.6 is 11.8 Å². The predicted octanol–water partition coefficient (Wildman–Crippen LogP) is 1.47. The molecule has 0 saturated heterocycles. The van der Waals surface area contributed by atoms with Crippen molar-refractivity contribution >= 4 is 17.7 Å². The quantitative estimate of drug-likeness (QED) is 0.776. The van der Waals surface area contributed by atoms with E-state index in [1.54, 1.807) is 22.8 Å². The lowest BCUT2D eigenvalue weighted by atomic mass is 10.4. The summed E-state index contributed by atoms with van der Waals surface area (Å²) in [6, 6.07) is 3.77. The molecule has 0 fully saturated rings. The molecule has 7 heteroatoms. The van der Waals surface area contributed by atoms with Crippen LogP contribution in [0.3, 0.4) is 0 Å². The van der Waals surface area contributed by atoms with Crippen molar-refractivity contribution < 1.29 is 9.21 Å². The van der Waals surface area contributed by atoms with Crippen molar-refractivity contribution in [3.63, 3.8) is 0 Å². The molecule has 102 valence electrons. The number of rotatable bonds is 5. The molecule has 6 nitrogen and oxygen atoms in total. The summed E-state index contributed by atoms with van der Waals surface area (Å²) in [4.78, 5) is 13.6. The topological polar surface area (TPSA) is 64.2 Å². The highest BCUT2D eigenvalue weighted by Gasteiger charge is 2.13. The monoisotopic (exact) mass is 280 g/mol. The third-order valence-corrected chi connectivity index (χ3v) is 3.63. The minimum absolute atomic E-state index is 0.0297. The average molecular weight is 280 g/mol. The van der Waals surface area contributed by atoms with Crippen LogP contribution in [0.1, 0.15) is 11.5 Å². The van der Waals surface area contributed by atoms with Gasteiger partial charge in [-0.2, -0.15) is 0 Å². The molecule has 0 N–H and O–H groups in total. The summed E-state index contributed by atoms with van der Waals surface area (Å²) in [7, 11) is 3.61. The van der Waals surface area contributed by atoms with Crippen molar-refractivity contribution in [2.24, 2.45) is 7.05 Å². The lowest BCUT2D eigenvalue weighted by Crippen LogP contribution is -2.27. The predicted molar refractivity (Wildman–Crippen MR) is 71.6 cm³/mol. The summed E-state index contributed by atoms with van der Waals surface area (Å²) >= 11 is 1.37. The van der Waals surface area contributed by atoms with Gasteiger partial charge < -0.3 is 13.9 Å². The van der Waals surface area contributed by atoms with E-state index in [2.05, 4.69) is 10.2 Å². The second-order valence-corrected chi connectivity index (χ2v) is 5.22. The number of hydrogen-bond donors (Lipinski definition) is 0. The Morgan fingerprint density at radius 1 is 1.53 bits per heavy atom. The third kappa shape index (κ3) is 3.60. The van der Waals surface area contributed by atoms with Crippen molar-refractivity contribution in [1.29, 1.82) is 0 Å². The molecule has 0 spiro atoms. The van der Waals surface area contributed by atoms with E-state index in [4.69, 9.17) is 4.42 Å². The van der Waals surface area contributed by atoms with Gasteiger partial charge in [-0.15, -0.1) is 10.2 Å². The van der Waals surface area contributed by atoms with Gasteiger partial charge in [-0.3, -0.25) is 4.79 Å². The summed E-state index contributed by atoms with van der Waals surface area (Å²) in [6.45, 7) is 2.36. The molecule has 0 aliphatic heterocycles. The molecule has 0 radical (unpaired) electrons. The van der Waals surface area contributed by atoms with Gasteiger partial charge in [0.25, 0.3) is 0 Å². The van der Waals surface area contributed by atoms with Crippen LogP contribution in [0.5, 0.6) is 0 Å². The fraction of sp³-hybridized carbons (Fsp3) is 0.417. The van der Waals surface area contributed by atoms with E-state index in [1.165, 1.54) is 11.8 Å². The number of thioether (sulfide) groups is 1. The number of aromatic nitrogens is 3. The Morgan fingerprint density at radius 3 is 2.89 bits per heavy atom. The Labute approximate surface area is 115 Å². The Balaban J connectivity index is 1.84. The highest BCUT2D eigenvalue weighted by molar-refractivity contribution is 7.99. The molecule has 0 saturated carbocycles. The lowest BCUT2D eigenvalue weighted by Gasteiger charge is -2.15. The van der Waals surface area contributed by atoms with Gasteiger partial charge >= 0.3 is 0 Å². The van der Waals surface area contributed by atoms with E-state index in [1.807, 2.05) is 26.1 Å². The Kier molecular flexibility index (Phi) is 4.26. The van der Waals surface area contributed by atoms with Gasteiger partial charge in [0.15, 0.2) is 5.16 Å². The van der Waals surface area contributed by atoms with Crippen molar-refractivity contribution in [1.82, 2.24) is 19.7 Å². The Hall–Kier alpha value is -1.76. The molecule has 0 unspecified atom stereocenters. The third-order valence-electron chi connectivity index (χ3n) is 2.61. The summed E-state index contributed by atoms with van der Waals surface area (Å²) < 4.78 is 7.23. The molecule has 0 aliphatic carbocycles. The van der Waals surface area contributed by atoms with Crippen LogP contribution in [0.2, 0.25) is 0 Å². The molecule has 2 aromatic heterocycles. The number of aryl methyl sites for hydroxylation is 2. The van der Waals surface area contributed by atoms with Crippen LogP contribution < -0.4 is 0 Å². The van der Waals surface area contributed by atoms with Crippen molar-refractivity contribution in [2.75, 3.05) is 12.8 Å². The number of carbonyl (C=O) groups excluding carboxylic acids is 1. The van der Waals surface area contributed by atoms with Crippen molar-refractivity contribution in [3.8, 4) is 0 Å². The van der Waals surface area contributed by atoms with Crippen LogP contribution in [0, 0.1) is 6.92 Å². The summed E-state index contributed by atoms with van der Waals surface area (Å²) in [6.07, 6.45) is 1.61. The number of nitrogens with zero attached hydrogens (tertiary/aromatic N) is 4. The molecular weight excluding hydrogens is 264 g/mol. The molecule has 2 rings (SSSR count). The summed E-state index contributed by atoms with van der Waals surface area (Å²) in [5, 5.41) is 8.42. The fourth-order valence-electron chi connectivity index (χ4n) is 1.53. The first-order chi connectivity index (χ1) is 9.06. The van der Waals surface area contributed by atoms with Crippen LogP contribution in [0.25, 0.3) is 0 Å². The number of hydrogen-bond acceptors (Lipinski definition) is 5. The second kappa shape index (κ2) is 5.92. The maximum absolute atomic E-state index is 12.0. The van der Waals surface area contributed by atoms with E-state index in [0.29, 0.717) is 12.3 Å². The normalized spacial score (nSPS) is 10.7. The van der Waals surface area contributed by atoms with E-state index >= 15 is 0 Å². The molecule has 0 bridgehead atoms. The maximum atomic E-state index is 12.0. The minimum Gasteiger partial charge on any atom is -0.464 e. The molecule has 0 aromatic carbocycles. The minimum atomic E-state index is 0.0297. The van der Waals surface area contributed by atoms with Crippen LogP contribution in [0.15, 0.2) is 28.0 Å². The van der Waals surface area contributed by atoms with Crippen LogP contribution in [-0.4, -0.2) is 38.4 Å². The first-order valence-electron chi connectivity index (χ1n) is 5.82. The molecule has 2 heterocycles. The summed E-state index contributed by atoms with van der Waals surface area (Å²) in [5.41, 5.74) is 0. The van der Waals surface area contributed by atoms with Gasteiger partial charge in [-0.25, -0.2) is 0 Å². The van der Waals surface area contributed by atoms with Gasteiger partial charge in [-0.05, 0) is 19.1 Å². The largest absolute Gasteiger partial charge is 0.464 e. The fourth-order valence-corrected chi connectivity index (χ4v) is 2.36. The maximum Gasteiger partial charge on any atom is 0.233 e. The van der Waals surface area contributed by atoms with Crippen molar-refractivity contribution in [2.45, 2.75) is 18.6 Å². The lowest BCUT2D eigenvalue weighted by molar-refractivity contribution is -0.127. The zero-order valence-corrected chi connectivity index (χ0v) is 12.0. The molecule has 1 amide bonds. The Morgan fingerprint density at radius 2 is 2.32 bits per heavy atom. The molecule has 0 atom stereocenters. The van der Waals surface area contributed by atoms with Crippen LogP contribution in [0.4, 0.5) is 0 Å².